The summed E-state index contributed by atoms with van der Waals surface area (Å²) in [6.45, 7) is 19.2. The number of H-pyrrole nitrogens is 1. The monoisotopic (exact) mass is 640 g/mol. The third-order valence-electron chi connectivity index (χ3n) is 8.85. The predicted molar refractivity (Wildman–Crippen MR) is 174 cm³/mol. The molecule has 5 heterocycles. The summed E-state index contributed by atoms with van der Waals surface area (Å²) in [4.78, 5) is 14.4. The fourth-order valence-corrected chi connectivity index (χ4v) is 7.06. The van der Waals surface area contributed by atoms with E-state index < -0.39 is 0 Å². The number of aromatic amines is 1. The minimum Gasteiger partial charge on any atom is -0.355 e. The van der Waals surface area contributed by atoms with Gasteiger partial charge >= 0.3 is 20.4 Å². The zero-order valence-corrected chi connectivity index (χ0v) is 27.8. The second kappa shape index (κ2) is 13.1. The molecule has 0 aromatic carbocycles. The largest absolute Gasteiger partial charge is 2.00 e. The van der Waals surface area contributed by atoms with Crippen molar-refractivity contribution in [1.29, 1.82) is 0 Å². The third-order valence-corrected chi connectivity index (χ3v) is 8.85. The summed E-state index contributed by atoms with van der Waals surface area (Å²) in [7, 11) is 0. The van der Waals surface area contributed by atoms with Crippen LogP contribution in [0.5, 0.6) is 0 Å². The molecule has 5 rings (SSSR count). The van der Waals surface area contributed by atoms with E-state index in [0.29, 0.717) is 0 Å². The number of fused-ring (bicyclic) bond motifs is 8. The molecule has 0 unspecified atom stereocenters. The average Bonchev–Trinajstić information content (AvgIpc) is 3.73. The summed E-state index contributed by atoms with van der Waals surface area (Å²) in [6, 6.07) is 6.80. The van der Waals surface area contributed by atoms with Gasteiger partial charge in [0.15, 0.2) is 0 Å². The van der Waals surface area contributed by atoms with Crippen LogP contribution in [0.2, 0.25) is 0 Å². The van der Waals surface area contributed by atoms with E-state index in [9.17, 15) is 0 Å². The Morgan fingerprint density at radius 3 is 1.73 bits per heavy atom. The van der Waals surface area contributed by atoms with Crippen LogP contribution in [-0.2, 0) is 59.1 Å². The molecule has 0 fully saturated rings. The molecule has 0 amide bonds. The maximum absolute atomic E-state index is 5.61. The molecule has 2 aliphatic heterocycles. The van der Waals surface area contributed by atoms with E-state index in [0.717, 1.165) is 68.4 Å². The number of nitrogens with one attached hydrogen (secondary N) is 1. The first-order chi connectivity index (χ1) is 19.5. The van der Waals surface area contributed by atoms with E-state index in [-0.39, 0.29) is 20.4 Å². The van der Waals surface area contributed by atoms with Crippen LogP contribution in [0.4, 0.5) is 0 Å². The van der Waals surface area contributed by atoms with Crippen molar-refractivity contribution in [3.8, 4) is 0 Å². The Balaban J connectivity index is 0.00000387. The van der Waals surface area contributed by atoms with Gasteiger partial charge in [-0.15, -0.1) is 0 Å². The summed E-state index contributed by atoms with van der Waals surface area (Å²) < 4.78 is 2.55. The molecular formula is C36H46N4Pd+2. The van der Waals surface area contributed by atoms with Gasteiger partial charge in [-0.2, -0.15) is 0 Å². The quantitative estimate of drug-likeness (QED) is 0.195. The number of hydrogen-bond acceptors (Lipinski definition) is 2. The van der Waals surface area contributed by atoms with Crippen LogP contribution in [0, 0.1) is 0 Å². The number of rotatable bonds is 8. The Morgan fingerprint density at radius 2 is 1.20 bits per heavy atom. The van der Waals surface area contributed by atoms with E-state index in [4.69, 9.17) is 9.97 Å². The maximum atomic E-state index is 5.61. The molecule has 0 saturated carbocycles. The van der Waals surface area contributed by atoms with Gasteiger partial charge in [0, 0.05) is 34.2 Å². The minimum atomic E-state index is 0. The summed E-state index contributed by atoms with van der Waals surface area (Å²) in [6.07, 6.45) is 11.2. The second-order valence-electron chi connectivity index (χ2n) is 10.8. The molecule has 41 heavy (non-hydrogen) atoms. The molecule has 1 N–H and O–H groups in total. The Bertz CT molecular complexity index is 1680. The Labute approximate surface area is 260 Å². The van der Waals surface area contributed by atoms with Crippen LogP contribution in [0.3, 0.4) is 0 Å². The maximum Gasteiger partial charge on any atom is 2.00 e. The van der Waals surface area contributed by atoms with Gasteiger partial charge in [0.05, 0.1) is 28.3 Å². The fraction of sp³-hybridized carbons (Fsp3) is 0.444. The van der Waals surface area contributed by atoms with Gasteiger partial charge in [-0.05, 0) is 110 Å². The van der Waals surface area contributed by atoms with Crippen molar-refractivity contribution >= 4 is 45.4 Å². The first-order valence-electron chi connectivity index (χ1n) is 15.7. The van der Waals surface area contributed by atoms with Crippen LogP contribution in [0.1, 0.15) is 119 Å². The molecule has 0 atom stereocenters. The molecular weight excluding hydrogens is 595 g/mol. The van der Waals surface area contributed by atoms with Crippen molar-refractivity contribution in [3.63, 3.8) is 0 Å². The number of aryl methyl sites for hydroxylation is 6. The predicted octanol–water partition coefficient (Wildman–Crippen LogP) is 9.52. The Morgan fingerprint density at radius 1 is 0.610 bits per heavy atom. The van der Waals surface area contributed by atoms with Crippen LogP contribution < -0.4 is 0 Å². The van der Waals surface area contributed by atoms with Gasteiger partial charge in [0.1, 0.15) is 0 Å². The van der Waals surface area contributed by atoms with Crippen molar-refractivity contribution < 1.29 is 20.4 Å². The summed E-state index contributed by atoms with van der Waals surface area (Å²) in [5.41, 5.74) is 19.3. The first kappa shape index (κ1) is 31.2. The van der Waals surface area contributed by atoms with Crippen molar-refractivity contribution in [3.05, 3.63) is 68.8 Å². The van der Waals surface area contributed by atoms with E-state index >= 15 is 0 Å². The van der Waals surface area contributed by atoms with Gasteiger partial charge in [0.25, 0.3) is 0 Å². The van der Waals surface area contributed by atoms with Gasteiger partial charge in [-0.1, -0.05) is 48.5 Å². The van der Waals surface area contributed by atoms with Crippen molar-refractivity contribution in [1.82, 2.24) is 19.5 Å². The van der Waals surface area contributed by atoms with Crippen LogP contribution in [0.15, 0.2) is 18.2 Å². The standard InChI is InChI=1S/C36H46N4.Pd/c1-9-22-19-25-20-23-17-18-24(37-23)21-32-26(10-2)29(13-5)36(40(32)16-8)31(15-7)35-28(12-4)27(11-3)34(39-35)30(14-6)33(22)38-25;/h17-21,38H,9-16H2,1-8H3;/q;+2. The summed E-state index contributed by atoms with van der Waals surface area (Å²) >= 11 is 0. The van der Waals surface area contributed by atoms with E-state index in [1.165, 1.54) is 66.9 Å². The van der Waals surface area contributed by atoms with E-state index in [2.05, 4.69) is 95.3 Å². The van der Waals surface area contributed by atoms with Gasteiger partial charge in [0.2, 0.25) is 0 Å². The van der Waals surface area contributed by atoms with Crippen LogP contribution >= 0.6 is 0 Å². The van der Waals surface area contributed by atoms with Crippen LogP contribution in [-0.4, -0.2) is 19.5 Å². The molecule has 2 aliphatic rings. The second-order valence-corrected chi connectivity index (χ2v) is 10.8. The Hall–Kier alpha value is -2.74. The molecule has 0 saturated heterocycles. The SMILES string of the molecule is CCC1=C(CC)c2nc1c(CC)c1[nH]c(cc3nc(cc4c(CC)c(CC)c(c2CC)n4CC)C=C3)cc1CC.[Pd+2]. The number of nitrogens with zero attached hydrogens (tertiary/aromatic N) is 3. The minimum absolute atomic E-state index is 0. The molecule has 3 aromatic rings. The van der Waals surface area contributed by atoms with E-state index in [1.807, 2.05) is 0 Å². The van der Waals surface area contributed by atoms with Crippen molar-refractivity contribution in [2.24, 2.45) is 0 Å². The summed E-state index contributed by atoms with van der Waals surface area (Å²) in [5, 5.41) is 0. The van der Waals surface area contributed by atoms with Crippen molar-refractivity contribution in [2.75, 3.05) is 0 Å². The Kier molecular flexibility index (Phi) is 9.94. The molecule has 0 radical (unpaired) electrons. The molecule has 5 heteroatoms. The average molecular weight is 641 g/mol. The molecule has 0 aliphatic carbocycles. The zero-order chi connectivity index (χ0) is 28.6. The molecule has 4 nitrogen and oxygen atoms in total. The normalized spacial score (nSPS) is 12.8. The molecule has 3 aromatic heterocycles. The zero-order valence-electron chi connectivity index (χ0n) is 26.2. The third kappa shape index (κ3) is 5.21. The van der Waals surface area contributed by atoms with Gasteiger partial charge < -0.3 is 9.55 Å². The number of aromatic nitrogens is 4. The van der Waals surface area contributed by atoms with Crippen LogP contribution in [0.25, 0.3) is 45.4 Å². The van der Waals surface area contributed by atoms with Crippen molar-refractivity contribution in [2.45, 2.75) is 107 Å². The smallest absolute Gasteiger partial charge is 0.355 e. The molecule has 8 bridgehead atoms. The topological polar surface area (TPSA) is 46.5 Å². The summed E-state index contributed by atoms with van der Waals surface area (Å²) in [5.74, 6) is 0. The first-order valence-corrected chi connectivity index (χ1v) is 15.7. The molecule has 218 valence electrons. The number of allylic oxidation sites excluding steroid dienone is 2. The van der Waals surface area contributed by atoms with E-state index in [1.54, 1.807) is 0 Å². The fourth-order valence-electron chi connectivity index (χ4n) is 7.06. The number of hydrogen-bond donors (Lipinski definition) is 1. The van der Waals surface area contributed by atoms with Gasteiger partial charge in [-0.3, -0.25) is 0 Å². The molecule has 0 spiro atoms. The van der Waals surface area contributed by atoms with Gasteiger partial charge in [-0.25, -0.2) is 9.97 Å².